The second-order valence-corrected chi connectivity index (χ2v) is 8.38. The molecule has 0 radical (unpaired) electrons. The number of carbonyl (C=O) groups excluding carboxylic acids is 1. The highest BCUT2D eigenvalue weighted by molar-refractivity contribution is 5.87. The van der Waals surface area contributed by atoms with E-state index in [2.05, 4.69) is 6.58 Å². The first-order chi connectivity index (χ1) is 10.6. The average molecular weight is 328 g/mol. The summed E-state index contributed by atoms with van der Waals surface area (Å²) in [6.45, 7) is 6.00. The second-order valence-electron chi connectivity index (χ2n) is 8.38. The standard InChI is InChI=1S/C18H26F2O3/c1-12(2)15(21)23-18-7-13-4-14(8-18)6-17(5-13,9-18)11-22-10-16(3,19)20/h13-14H,1,4-11H2,2-3H3. The summed E-state index contributed by atoms with van der Waals surface area (Å²) in [6, 6.07) is 0. The van der Waals surface area contributed by atoms with Gasteiger partial charge in [-0.1, -0.05) is 6.58 Å². The Bertz CT molecular complexity index is 495. The summed E-state index contributed by atoms with van der Waals surface area (Å²) < 4.78 is 37.2. The van der Waals surface area contributed by atoms with Crippen LogP contribution >= 0.6 is 0 Å². The summed E-state index contributed by atoms with van der Waals surface area (Å²) >= 11 is 0. The van der Waals surface area contributed by atoms with Crippen LogP contribution in [0.1, 0.15) is 52.4 Å². The van der Waals surface area contributed by atoms with Crippen LogP contribution in [0.4, 0.5) is 8.78 Å². The number of alkyl halides is 2. The number of ether oxygens (including phenoxy) is 2. The van der Waals surface area contributed by atoms with Gasteiger partial charge in [0.15, 0.2) is 0 Å². The third-order valence-corrected chi connectivity index (χ3v) is 5.55. The quantitative estimate of drug-likeness (QED) is 0.543. The molecule has 5 heteroatoms. The molecule has 0 aromatic carbocycles. The number of esters is 1. The van der Waals surface area contributed by atoms with Crippen LogP contribution in [-0.4, -0.2) is 30.7 Å². The van der Waals surface area contributed by atoms with Crippen molar-refractivity contribution in [2.24, 2.45) is 17.3 Å². The van der Waals surface area contributed by atoms with Gasteiger partial charge in [-0.2, -0.15) is 0 Å². The Kier molecular flexibility index (Phi) is 4.06. The number of halogens is 2. The van der Waals surface area contributed by atoms with Crippen molar-refractivity contribution >= 4 is 5.97 Å². The third kappa shape index (κ3) is 3.59. The van der Waals surface area contributed by atoms with Gasteiger partial charge < -0.3 is 9.47 Å². The van der Waals surface area contributed by atoms with Gasteiger partial charge in [-0.15, -0.1) is 0 Å². The molecule has 0 amide bonds. The maximum atomic E-state index is 13.0. The summed E-state index contributed by atoms with van der Waals surface area (Å²) in [5, 5.41) is 0. The van der Waals surface area contributed by atoms with Crippen molar-refractivity contribution in [1.29, 1.82) is 0 Å². The van der Waals surface area contributed by atoms with Crippen LogP contribution in [0.15, 0.2) is 12.2 Å². The van der Waals surface area contributed by atoms with Crippen molar-refractivity contribution in [3.63, 3.8) is 0 Å². The van der Waals surface area contributed by atoms with E-state index in [-0.39, 0.29) is 11.4 Å². The summed E-state index contributed by atoms with van der Waals surface area (Å²) in [7, 11) is 0. The molecular weight excluding hydrogens is 302 g/mol. The minimum absolute atomic E-state index is 0.106. The Balaban J connectivity index is 1.71. The molecule has 4 aliphatic rings. The van der Waals surface area contributed by atoms with Crippen molar-refractivity contribution in [1.82, 2.24) is 0 Å². The van der Waals surface area contributed by atoms with Gasteiger partial charge in [-0.3, -0.25) is 0 Å². The van der Waals surface area contributed by atoms with E-state index in [1.165, 1.54) is 0 Å². The number of carbonyl (C=O) groups is 1. The fourth-order valence-corrected chi connectivity index (χ4v) is 5.38. The molecule has 4 rings (SSSR count). The van der Waals surface area contributed by atoms with Crippen LogP contribution < -0.4 is 0 Å². The van der Waals surface area contributed by atoms with Gasteiger partial charge in [-0.05, 0) is 62.7 Å². The van der Waals surface area contributed by atoms with Gasteiger partial charge in [0.25, 0.3) is 5.92 Å². The predicted octanol–water partition coefficient (Wildman–Crippen LogP) is 4.12. The van der Waals surface area contributed by atoms with Gasteiger partial charge in [0.2, 0.25) is 0 Å². The van der Waals surface area contributed by atoms with E-state index in [0.717, 1.165) is 45.4 Å². The van der Waals surface area contributed by atoms with Crippen LogP contribution in [-0.2, 0) is 14.3 Å². The monoisotopic (exact) mass is 328 g/mol. The third-order valence-electron chi connectivity index (χ3n) is 5.55. The summed E-state index contributed by atoms with van der Waals surface area (Å²) in [5.74, 6) is -2.10. The Labute approximate surface area is 136 Å². The Morgan fingerprint density at radius 1 is 1.26 bits per heavy atom. The zero-order chi connectivity index (χ0) is 16.9. The molecule has 0 aliphatic heterocycles. The fraction of sp³-hybridized carbons (Fsp3) is 0.833. The highest BCUT2D eigenvalue weighted by Gasteiger charge is 2.59. The normalized spacial score (nSPS) is 38.6. The molecule has 0 heterocycles. The largest absolute Gasteiger partial charge is 0.456 e. The first-order valence-corrected chi connectivity index (χ1v) is 8.45. The lowest BCUT2D eigenvalue weighted by atomic mass is 9.48. The van der Waals surface area contributed by atoms with Crippen molar-refractivity contribution < 1.29 is 23.0 Å². The SMILES string of the molecule is C=C(C)C(=O)OC12CC3CC(CC(COCC(C)(F)F)(C3)C1)C2. The van der Waals surface area contributed by atoms with Crippen LogP contribution in [0.5, 0.6) is 0 Å². The van der Waals surface area contributed by atoms with Gasteiger partial charge >= 0.3 is 5.97 Å². The molecule has 2 atom stereocenters. The number of hydrogen-bond donors (Lipinski definition) is 0. The van der Waals surface area contributed by atoms with Crippen LogP contribution in [0, 0.1) is 17.3 Å². The van der Waals surface area contributed by atoms with Crippen LogP contribution in [0.25, 0.3) is 0 Å². The molecule has 23 heavy (non-hydrogen) atoms. The Hall–Kier alpha value is -0.970. The lowest BCUT2D eigenvalue weighted by Crippen LogP contribution is -2.58. The number of rotatable bonds is 6. The summed E-state index contributed by atoms with van der Waals surface area (Å²) in [4.78, 5) is 12.0. The van der Waals surface area contributed by atoms with E-state index in [9.17, 15) is 13.6 Å². The molecule has 4 bridgehead atoms. The molecule has 130 valence electrons. The molecule has 0 aromatic rings. The highest BCUT2D eigenvalue weighted by atomic mass is 19.3. The first kappa shape index (κ1) is 16.9. The maximum absolute atomic E-state index is 13.0. The van der Waals surface area contributed by atoms with Crippen molar-refractivity contribution in [2.45, 2.75) is 63.9 Å². The second kappa shape index (κ2) is 5.54. The zero-order valence-corrected chi connectivity index (χ0v) is 14.0. The van der Waals surface area contributed by atoms with Gasteiger partial charge in [-0.25, -0.2) is 13.6 Å². The average Bonchev–Trinajstić information content (AvgIpc) is 2.33. The molecule has 0 aromatic heterocycles. The Morgan fingerprint density at radius 2 is 1.87 bits per heavy atom. The molecule has 4 fully saturated rings. The van der Waals surface area contributed by atoms with E-state index in [1.807, 2.05) is 0 Å². The van der Waals surface area contributed by atoms with E-state index in [1.54, 1.807) is 6.92 Å². The molecular formula is C18H26F2O3. The topological polar surface area (TPSA) is 35.5 Å². The zero-order valence-electron chi connectivity index (χ0n) is 14.0. The van der Waals surface area contributed by atoms with E-state index in [0.29, 0.717) is 24.0 Å². The minimum atomic E-state index is -2.80. The molecule has 0 N–H and O–H groups in total. The minimum Gasteiger partial charge on any atom is -0.456 e. The predicted molar refractivity (Wildman–Crippen MR) is 82.2 cm³/mol. The van der Waals surface area contributed by atoms with Gasteiger partial charge in [0.1, 0.15) is 12.2 Å². The lowest BCUT2D eigenvalue weighted by Gasteiger charge is -2.61. The molecule has 0 saturated heterocycles. The van der Waals surface area contributed by atoms with E-state index >= 15 is 0 Å². The van der Waals surface area contributed by atoms with Crippen LogP contribution in [0.2, 0.25) is 0 Å². The Morgan fingerprint density at radius 3 is 2.39 bits per heavy atom. The van der Waals surface area contributed by atoms with Gasteiger partial charge in [0.05, 0.1) is 6.61 Å². The molecule has 4 aliphatic carbocycles. The fourth-order valence-electron chi connectivity index (χ4n) is 5.38. The molecule has 2 unspecified atom stereocenters. The van der Waals surface area contributed by atoms with Crippen LogP contribution in [0.3, 0.4) is 0 Å². The lowest BCUT2D eigenvalue weighted by molar-refractivity contribution is -0.209. The van der Waals surface area contributed by atoms with E-state index < -0.39 is 18.1 Å². The summed E-state index contributed by atoms with van der Waals surface area (Å²) in [6.07, 6.45) is 5.71. The highest BCUT2D eigenvalue weighted by Crippen LogP contribution is 2.63. The van der Waals surface area contributed by atoms with E-state index in [4.69, 9.17) is 9.47 Å². The maximum Gasteiger partial charge on any atom is 0.333 e. The molecule has 3 nitrogen and oxygen atoms in total. The molecule has 0 spiro atoms. The smallest absolute Gasteiger partial charge is 0.333 e. The van der Waals surface area contributed by atoms with Crippen molar-refractivity contribution in [3.8, 4) is 0 Å². The molecule has 4 saturated carbocycles. The van der Waals surface area contributed by atoms with Crippen molar-refractivity contribution in [2.75, 3.05) is 13.2 Å². The summed E-state index contributed by atoms with van der Waals surface area (Å²) in [5.41, 5.74) is -0.125. The van der Waals surface area contributed by atoms with Gasteiger partial charge in [0, 0.05) is 12.5 Å². The number of hydrogen-bond acceptors (Lipinski definition) is 3. The van der Waals surface area contributed by atoms with Crippen molar-refractivity contribution in [3.05, 3.63) is 12.2 Å². The first-order valence-electron chi connectivity index (χ1n) is 8.45.